The van der Waals surface area contributed by atoms with Crippen LogP contribution in [0.15, 0.2) is 18.2 Å². The van der Waals surface area contributed by atoms with Crippen LogP contribution in [0.1, 0.15) is 17.5 Å². The highest BCUT2D eigenvalue weighted by atomic mass is 16.5. The quantitative estimate of drug-likeness (QED) is 0.701. The smallest absolute Gasteiger partial charge is 0.222 e. The van der Waals surface area contributed by atoms with Crippen molar-refractivity contribution >= 4 is 5.91 Å². The molecule has 0 heterocycles. The second-order valence-corrected chi connectivity index (χ2v) is 4.72. The van der Waals surface area contributed by atoms with Gasteiger partial charge in [0.15, 0.2) is 0 Å². The van der Waals surface area contributed by atoms with Gasteiger partial charge in [-0.2, -0.15) is 0 Å². The van der Waals surface area contributed by atoms with Crippen molar-refractivity contribution in [2.45, 2.75) is 26.4 Å². The molecule has 0 saturated heterocycles. The number of para-hydroxylation sites is 1. The first-order valence-electron chi connectivity index (χ1n) is 6.77. The molecule has 1 amide bonds. The van der Waals surface area contributed by atoms with E-state index in [-0.39, 0.29) is 18.4 Å². The summed E-state index contributed by atoms with van der Waals surface area (Å²) in [6.07, 6.45) is 0.0469. The monoisotopic (exact) mass is 280 g/mol. The van der Waals surface area contributed by atoms with Crippen LogP contribution in [-0.4, -0.2) is 38.8 Å². The van der Waals surface area contributed by atoms with Crippen LogP contribution in [0.4, 0.5) is 0 Å². The van der Waals surface area contributed by atoms with Gasteiger partial charge in [-0.3, -0.25) is 4.79 Å². The van der Waals surface area contributed by atoms with Crippen molar-refractivity contribution in [3.8, 4) is 5.75 Å². The van der Waals surface area contributed by atoms with Crippen molar-refractivity contribution in [1.82, 2.24) is 5.32 Å². The molecule has 0 spiro atoms. The lowest BCUT2D eigenvalue weighted by molar-refractivity contribution is -0.123. The summed E-state index contributed by atoms with van der Waals surface area (Å²) < 4.78 is 10.8. The normalized spacial score (nSPS) is 12.0. The third-order valence-electron chi connectivity index (χ3n) is 3.09. The number of methoxy groups -OCH3 is 1. The first-order valence-corrected chi connectivity index (χ1v) is 6.77. The maximum Gasteiger partial charge on any atom is 0.222 e. The van der Waals surface area contributed by atoms with E-state index in [2.05, 4.69) is 5.32 Å². The highest BCUT2D eigenvalue weighted by Crippen LogP contribution is 2.21. The molecule has 1 unspecified atom stereocenters. The number of nitrogens with two attached hydrogens (primary N) is 1. The Kier molecular flexibility index (Phi) is 7.04. The lowest BCUT2D eigenvalue weighted by Gasteiger charge is -2.14. The van der Waals surface area contributed by atoms with Crippen molar-refractivity contribution in [3.63, 3.8) is 0 Å². The van der Waals surface area contributed by atoms with Gasteiger partial charge in [0.2, 0.25) is 5.91 Å². The molecule has 0 fully saturated rings. The fraction of sp³-hybridized carbons (Fsp3) is 0.533. The minimum atomic E-state index is -0.227. The highest BCUT2D eigenvalue weighted by Gasteiger charge is 2.10. The molecule has 0 bridgehead atoms. The third-order valence-corrected chi connectivity index (χ3v) is 3.09. The molecule has 20 heavy (non-hydrogen) atoms. The molecule has 112 valence electrons. The number of rotatable bonds is 8. The second-order valence-electron chi connectivity index (χ2n) is 4.72. The summed E-state index contributed by atoms with van der Waals surface area (Å²) in [6, 6.07) is 6.01. The maximum atomic E-state index is 11.6. The van der Waals surface area contributed by atoms with Crippen LogP contribution in [0.5, 0.6) is 5.75 Å². The minimum Gasteiger partial charge on any atom is -0.491 e. The van der Waals surface area contributed by atoms with E-state index in [0.717, 1.165) is 16.9 Å². The van der Waals surface area contributed by atoms with Crippen molar-refractivity contribution in [2.24, 2.45) is 5.73 Å². The zero-order valence-electron chi connectivity index (χ0n) is 12.4. The van der Waals surface area contributed by atoms with Gasteiger partial charge in [0.05, 0.1) is 19.1 Å². The molecule has 0 aliphatic heterocycles. The Morgan fingerprint density at radius 1 is 1.35 bits per heavy atom. The van der Waals surface area contributed by atoms with Gasteiger partial charge >= 0.3 is 0 Å². The van der Waals surface area contributed by atoms with Gasteiger partial charge in [-0.15, -0.1) is 0 Å². The van der Waals surface area contributed by atoms with E-state index in [1.807, 2.05) is 32.0 Å². The van der Waals surface area contributed by atoms with E-state index in [1.54, 1.807) is 7.11 Å². The Hall–Kier alpha value is -1.59. The fourth-order valence-corrected chi connectivity index (χ4v) is 1.91. The van der Waals surface area contributed by atoms with Gasteiger partial charge in [-0.25, -0.2) is 0 Å². The molecule has 0 aliphatic rings. The van der Waals surface area contributed by atoms with E-state index in [9.17, 15) is 4.79 Å². The summed E-state index contributed by atoms with van der Waals surface area (Å²) in [5.41, 5.74) is 7.66. The Labute approximate surface area is 120 Å². The second kappa shape index (κ2) is 8.55. The summed E-state index contributed by atoms with van der Waals surface area (Å²) >= 11 is 0. The van der Waals surface area contributed by atoms with E-state index < -0.39 is 0 Å². The van der Waals surface area contributed by atoms with Crippen molar-refractivity contribution in [2.75, 3.05) is 26.8 Å². The highest BCUT2D eigenvalue weighted by molar-refractivity contribution is 5.76. The predicted octanol–water partition coefficient (Wildman–Crippen LogP) is 1.16. The average Bonchev–Trinajstić information content (AvgIpc) is 2.43. The van der Waals surface area contributed by atoms with Crippen LogP contribution >= 0.6 is 0 Å². The standard InChI is InChI=1S/C15H24N2O3/c1-11-5-4-6-12(2)15(11)20-8-7-17-14(18)9-13(10-16)19-3/h4-6,13H,7-10,16H2,1-3H3,(H,17,18). The molecule has 0 aromatic heterocycles. The molecule has 1 aromatic rings. The van der Waals surface area contributed by atoms with Crippen LogP contribution in [0.3, 0.4) is 0 Å². The summed E-state index contributed by atoms with van der Waals surface area (Å²) in [4.78, 5) is 11.6. The van der Waals surface area contributed by atoms with Crippen LogP contribution in [0, 0.1) is 13.8 Å². The number of ether oxygens (including phenoxy) is 2. The van der Waals surface area contributed by atoms with Gasteiger partial charge in [-0.1, -0.05) is 18.2 Å². The van der Waals surface area contributed by atoms with Crippen LogP contribution in [0.25, 0.3) is 0 Å². The number of hydrogen-bond acceptors (Lipinski definition) is 4. The number of carbonyl (C=O) groups is 1. The number of benzene rings is 1. The SMILES string of the molecule is COC(CN)CC(=O)NCCOc1c(C)cccc1C. The summed E-state index contributed by atoms with van der Waals surface area (Å²) in [5, 5.41) is 2.79. The summed E-state index contributed by atoms with van der Waals surface area (Å²) in [7, 11) is 1.55. The number of carbonyl (C=O) groups excluding carboxylic acids is 1. The maximum absolute atomic E-state index is 11.6. The number of amides is 1. The lowest BCUT2D eigenvalue weighted by Crippen LogP contribution is -2.34. The molecule has 5 nitrogen and oxygen atoms in total. The topological polar surface area (TPSA) is 73.6 Å². The predicted molar refractivity (Wildman–Crippen MR) is 78.9 cm³/mol. The van der Waals surface area contributed by atoms with Crippen molar-refractivity contribution in [3.05, 3.63) is 29.3 Å². The number of aryl methyl sites for hydroxylation is 2. The minimum absolute atomic E-state index is 0.0765. The molecule has 0 aliphatic carbocycles. The molecule has 1 aromatic carbocycles. The lowest BCUT2D eigenvalue weighted by atomic mass is 10.1. The van der Waals surface area contributed by atoms with Crippen molar-refractivity contribution in [1.29, 1.82) is 0 Å². The largest absolute Gasteiger partial charge is 0.491 e. The van der Waals surface area contributed by atoms with E-state index >= 15 is 0 Å². The summed E-state index contributed by atoms with van der Waals surface area (Å²) in [5.74, 6) is 0.811. The first kappa shape index (κ1) is 16.5. The molecular weight excluding hydrogens is 256 g/mol. The molecular formula is C15H24N2O3. The van der Waals surface area contributed by atoms with Crippen LogP contribution in [-0.2, 0) is 9.53 Å². The van der Waals surface area contributed by atoms with Gasteiger partial charge in [0.1, 0.15) is 12.4 Å². The Balaban J connectivity index is 2.30. The number of hydrogen-bond donors (Lipinski definition) is 2. The Morgan fingerprint density at radius 3 is 2.55 bits per heavy atom. The molecule has 1 rings (SSSR count). The zero-order valence-corrected chi connectivity index (χ0v) is 12.4. The van der Waals surface area contributed by atoms with Crippen molar-refractivity contribution < 1.29 is 14.3 Å². The third kappa shape index (κ3) is 5.19. The number of nitrogens with one attached hydrogen (secondary N) is 1. The molecule has 3 N–H and O–H groups in total. The zero-order chi connectivity index (χ0) is 15.0. The average molecular weight is 280 g/mol. The summed E-state index contributed by atoms with van der Waals surface area (Å²) in [6.45, 7) is 5.25. The van der Waals surface area contributed by atoms with Crippen LogP contribution in [0.2, 0.25) is 0 Å². The van der Waals surface area contributed by atoms with Crippen LogP contribution < -0.4 is 15.8 Å². The Morgan fingerprint density at radius 2 is 2.00 bits per heavy atom. The van der Waals surface area contributed by atoms with E-state index in [4.69, 9.17) is 15.2 Å². The van der Waals surface area contributed by atoms with E-state index in [0.29, 0.717) is 19.7 Å². The van der Waals surface area contributed by atoms with Gasteiger partial charge in [-0.05, 0) is 25.0 Å². The van der Waals surface area contributed by atoms with E-state index in [1.165, 1.54) is 0 Å². The first-order chi connectivity index (χ1) is 9.58. The molecule has 5 heteroatoms. The Bertz CT molecular complexity index is 411. The molecule has 1 atom stereocenters. The van der Waals surface area contributed by atoms with Gasteiger partial charge in [0, 0.05) is 13.7 Å². The van der Waals surface area contributed by atoms with Gasteiger partial charge < -0.3 is 20.5 Å². The molecule has 0 saturated carbocycles. The molecule has 0 radical (unpaired) electrons. The fourth-order valence-electron chi connectivity index (χ4n) is 1.91. The van der Waals surface area contributed by atoms with Gasteiger partial charge in [0.25, 0.3) is 0 Å².